The largest absolute Gasteiger partial charge is 0.365 e. The zero-order valence-corrected chi connectivity index (χ0v) is 15.2. The first-order valence-corrected chi connectivity index (χ1v) is 8.78. The van der Waals surface area contributed by atoms with E-state index in [1.807, 2.05) is 58.0 Å². The van der Waals surface area contributed by atoms with Crippen molar-refractivity contribution in [1.29, 1.82) is 0 Å². The molecule has 0 saturated carbocycles. The lowest BCUT2D eigenvalue weighted by Gasteiger charge is -2.38. The van der Waals surface area contributed by atoms with Crippen molar-refractivity contribution in [1.82, 2.24) is 0 Å². The summed E-state index contributed by atoms with van der Waals surface area (Å²) in [5.74, 6) is -2.38. The third-order valence-electron chi connectivity index (χ3n) is 4.78. The van der Waals surface area contributed by atoms with Crippen LogP contribution in [0, 0.1) is 0 Å². The monoisotopic (exact) mass is 350 g/mol. The molecule has 0 N–H and O–H groups in total. The Labute approximate surface area is 148 Å². The number of rotatable bonds is 3. The number of fused-ring (bicyclic) bond motifs is 1. The van der Waals surface area contributed by atoms with E-state index in [9.17, 15) is 0 Å². The molecule has 138 valence electrons. The molecule has 0 aromatic heterocycles. The van der Waals surface area contributed by atoms with Gasteiger partial charge >= 0.3 is 0 Å². The quantitative estimate of drug-likeness (QED) is 0.835. The van der Waals surface area contributed by atoms with Crippen LogP contribution < -0.4 is 0 Å². The Morgan fingerprint density at radius 1 is 1.00 bits per heavy atom. The number of hydrogen-bond donors (Lipinski definition) is 0. The highest BCUT2D eigenvalue weighted by Crippen LogP contribution is 2.46. The fourth-order valence-corrected chi connectivity index (χ4v) is 3.68. The van der Waals surface area contributed by atoms with Gasteiger partial charge in [0.2, 0.25) is 5.79 Å². The first-order chi connectivity index (χ1) is 11.8. The van der Waals surface area contributed by atoms with Crippen LogP contribution in [0.5, 0.6) is 0 Å². The van der Waals surface area contributed by atoms with Crippen molar-refractivity contribution in [3.63, 3.8) is 0 Å². The van der Waals surface area contributed by atoms with E-state index in [1.54, 1.807) is 0 Å². The molecule has 1 unspecified atom stereocenters. The smallest absolute Gasteiger partial charge is 0.224 e. The predicted molar refractivity (Wildman–Crippen MR) is 88.6 cm³/mol. The van der Waals surface area contributed by atoms with Gasteiger partial charge in [0.05, 0.1) is 13.2 Å². The Kier molecular flexibility index (Phi) is 4.18. The van der Waals surface area contributed by atoms with Crippen molar-refractivity contribution >= 4 is 0 Å². The Bertz CT molecular complexity index is 614. The minimum Gasteiger partial charge on any atom is -0.365 e. The molecular weight excluding hydrogens is 324 g/mol. The van der Waals surface area contributed by atoms with Crippen LogP contribution in [0.2, 0.25) is 0 Å². The second kappa shape index (κ2) is 6.01. The SMILES string of the molecule is CC1(C)OC[C@@H]2OC3(COC(C)(C)O3)[C@@H](OCc3ccccc3)[C@@H]2O1. The van der Waals surface area contributed by atoms with Crippen LogP contribution in [0.4, 0.5) is 0 Å². The molecule has 3 aliphatic rings. The summed E-state index contributed by atoms with van der Waals surface area (Å²) in [4.78, 5) is 0. The third-order valence-corrected chi connectivity index (χ3v) is 4.78. The van der Waals surface area contributed by atoms with Crippen molar-refractivity contribution in [2.45, 2.75) is 70.0 Å². The lowest BCUT2D eigenvalue weighted by molar-refractivity contribution is -0.304. The second-order valence-electron chi connectivity index (χ2n) is 7.77. The Hall–Kier alpha value is -1.02. The summed E-state index contributed by atoms with van der Waals surface area (Å²) in [5, 5.41) is 0. The summed E-state index contributed by atoms with van der Waals surface area (Å²) in [7, 11) is 0. The van der Waals surface area contributed by atoms with Gasteiger partial charge in [-0.05, 0) is 33.3 Å². The van der Waals surface area contributed by atoms with Crippen molar-refractivity contribution in [2.24, 2.45) is 0 Å². The Morgan fingerprint density at radius 3 is 2.44 bits per heavy atom. The van der Waals surface area contributed by atoms with E-state index in [-0.39, 0.29) is 12.2 Å². The molecule has 1 spiro atoms. The van der Waals surface area contributed by atoms with E-state index >= 15 is 0 Å². The summed E-state index contributed by atoms with van der Waals surface area (Å²) < 4.78 is 36.3. The molecule has 6 heteroatoms. The molecule has 4 rings (SSSR count). The second-order valence-corrected chi connectivity index (χ2v) is 7.77. The number of ether oxygens (including phenoxy) is 6. The van der Waals surface area contributed by atoms with Gasteiger partial charge in [-0.25, -0.2) is 0 Å². The first-order valence-electron chi connectivity index (χ1n) is 8.78. The van der Waals surface area contributed by atoms with Crippen molar-refractivity contribution in [3.8, 4) is 0 Å². The standard InChI is InChI=1S/C19H26O6/c1-17(2)21-11-14-15(24-17)16(20-10-13-8-6-5-7-9-13)19(23-14)12-22-18(3,4)25-19/h5-9,14-16H,10-12H2,1-4H3/t14-,15+,16-,19?/m0/s1. The normalized spacial score (nSPS) is 38.8. The van der Waals surface area contributed by atoms with Crippen LogP contribution >= 0.6 is 0 Å². The van der Waals surface area contributed by atoms with Gasteiger partial charge in [-0.1, -0.05) is 30.3 Å². The van der Waals surface area contributed by atoms with Gasteiger partial charge in [0.15, 0.2) is 11.6 Å². The summed E-state index contributed by atoms with van der Waals surface area (Å²) in [6, 6.07) is 10.0. The van der Waals surface area contributed by atoms with Gasteiger partial charge < -0.3 is 28.4 Å². The summed E-state index contributed by atoms with van der Waals surface area (Å²) >= 11 is 0. The topological polar surface area (TPSA) is 55.4 Å². The van der Waals surface area contributed by atoms with Gasteiger partial charge in [-0.3, -0.25) is 0 Å². The number of benzene rings is 1. The third kappa shape index (κ3) is 3.35. The van der Waals surface area contributed by atoms with Crippen LogP contribution in [0.3, 0.4) is 0 Å². The average molecular weight is 350 g/mol. The lowest BCUT2D eigenvalue weighted by Crippen LogP contribution is -2.53. The fraction of sp³-hybridized carbons (Fsp3) is 0.684. The van der Waals surface area contributed by atoms with Gasteiger partial charge in [0, 0.05) is 0 Å². The lowest BCUT2D eigenvalue weighted by atomic mass is 10.0. The summed E-state index contributed by atoms with van der Waals surface area (Å²) in [5.41, 5.74) is 1.09. The number of hydrogen-bond acceptors (Lipinski definition) is 6. The van der Waals surface area contributed by atoms with Crippen molar-refractivity contribution in [2.75, 3.05) is 13.2 Å². The minimum absolute atomic E-state index is 0.244. The molecule has 0 bridgehead atoms. The van der Waals surface area contributed by atoms with Crippen LogP contribution in [0.25, 0.3) is 0 Å². The maximum Gasteiger partial charge on any atom is 0.224 e. The Morgan fingerprint density at radius 2 is 1.76 bits per heavy atom. The van der Waals surface area contributed by atoms with Crippen molar-refractivity contribution in [3.05, 3.63) is 35.9 Å². The van der Waals surface area contributed by atoms with Crippen LogP contribution in [0.15, 0.2) is 30.3 Å². The molecule has 0 radical (unpaired) electrons. The highest BCUT2D eigenvalue weighted by Gasteiger charge is 2.65. The average Bonchev–Trinajstić information content (AvgIpc) is 3.01. The molecule has 3 saturated heterocycles. The van der Waals surface area contributed by atoms with Crippen LogP contribution in [-0.4, -0.2) is 48.9 Å². The van der Waals surface area contributed by atoms with E-state index < -0.39 is 23.5 Å². The maximum atomic E-state index is 6.27. The van der Waals surface area contributed by atoms with E-state index in [0.29, 0.717) is 19.8 Å². The summed E-state index contributed by atoms with van der Waals surface area (Å²) in [6.45, 7) is 8.75. The van der Waals surface area contributed by atoms with E-state index in [4.69, 9.17) is 28.4 Å². The van der Waals surface area contributed by atoms with E-state index in [2.05, 4.69) is 0 Å². The molecule has 1 aromatic rings. The Balaban J connectivity index is 1.58. The first kappa shape index (κ1) is 17.4. The molecule has 4 atom stereocenters. The van der Waals surface area contributed by atoms with E-state index in [0.717, 1.165) is 5.56 Å². The van der Waals surface area contributed by atoms with Crippen LogP contribution in [-0.2, 0) is 35.0 Å². The molecule has 0 aliphatic carbocycles. The zero-order valence-electron chi connectivity index (χ0n) is 15.2. The molecule has 1 aromatic carbocycles. The zero-order chi connectivity index (χ0) is 17.7. The van der Waals surface area contributed by atoms with Gasteiger partial charge in [-0.2, -0.15) is 0 Å². The maximum absolute atomic E-state index is 6.27. The molecule has 6 nitrogen and oxygen atoms in total. The van der Waals surface area contributed by atoms with Gasteiger partial charge in [0.25, 0.3) is 0 Å². The molecule has 3 fully saturated rings. The highest BCUT2D eigenvalue weighted by atomic mass is 16.9. The highest BCUT2D eigenvalue weighted by molar-refractivity contribution is 5.14. The van der Waals surface area contributed by atoms with Gasteiger partial charge in [0.1, 0.15) is 24.9 Å². The molecular formula is C19H26O6. The molecule has 25 heavy (non-hydrogen) atoms. The molecule has 3 aliphatic heterocycles. The van der Waals surface area contributed by atoms with Gasteiger partial charge in [-0.15, -0.1) is 0 Å². The molecule has 3 heterocycles. The molecule has 0 amide bonds. The van der Waals surface area contributed by atoms with Crippen molar-refractivity contribution < 1.29 is 28.4 Å². The van der Waals surface area contributed by atoms with E-state index in [1.165, 1.54) is 0 Å². The summed E-state index contributed by atoms with van der Waals surface area (Å²) in [6.07, 6.45) is -0.918. The van der Waals surface area contributed by atoms with Crippen LogP contribution in [0.1, 0.15) is 33.3 Å². The minimum atomic E-state index is -0.975. The predicted octanol–water partition coefficient (Wildman–Crippen LogP) is 2.60. The fourth-order valence-electron chi connectivity index (χ4n) is 3.68.